The Labute approximate surface area is 169 Å². The Morgan fingerprint density at radius 3 is 2.41 bits per heavy atom. The van der Waals surface area contributed by atoms with Crippen molar-refractivity contribution < 1.29 is 4.79 Å². The van der Waals surface area contributed by atoms with E-state index in [-0.39, 0.29) is 5.91 Å². The molecule has 8 nitrogen and oxygen atoms in total. The number of benzene rings is 2. The van der Waals surface area contributed by atoms with Crippen LogP contribution in [0.15, 0.2) is 60.8 Å². The molecule has 0 aliphatic carbocycles. The second-order valence-electron chi connectivity index (χ2n) is 6.84. The van der Waals surface area contributed by atoms with Gasteiger partial charge in [0.05, 0.1) is 6.20 Å². The molecule has 1 aromatic heterocycles. The van der Waals surface area contributed by atoms with Gasteiger partial charge in [-0.1, -0.05) is 24.3 Å². The molecule has 1 amide bonds. The molecular formula is C21H23N7O. The van der Waals surface area contributed by atoms with Crippen LogP contribution in [0.4, 0.5) is 28.8 Å². The molecule has 29 heavy (non-hydrogen) atoms. The molecular weight excluding hydrogens is 366 g/mol. The zero-order valence-corrected chi connectivity index (χ0v) is 16.2. The summed E-state index contributed by atoms with van der Waals surface area (Å²) < 4.78 is 0. The van der Waals surface area contributed by atoms with Crippen LogP contribution in [0, 0.1) is 0 Å². The lowest BCUT2D eigenvalue weighted by atomic mass is 10.2. The molecule has 0 saturated carbocycles. The number of hydrogen-bond donors (Lipinski definition) is 2. The summed E-state index contributed by atoms with van der Waals surface area (Å²) in [7, 11) is 0. The van der Waals surface area contributed by atoms with Gasteiger partial charge < -0.3 is 20.4 Å². The van der Waals surface area contributed by atoms with Crippen molar-refractivity contribution in [2.45, 2.75) is 6.92 Å². The third-order valence-electron chi connectivity index (χ3n) is 4.69. The minimum absolute atomic E-state index is 0.109. The summed E-state index contributed by atoms with van der Waals surface area (Å²) in [6.07, 6.45) is 1.59. The largest absolute Gasteiger partial charge is 0.368 e. The number of para-hydroxylation sites is 1. The van der Waals surface area contributed by atoms with E-state index in [1.807, 2.05) is 30.3 Å². The van der Waals surface area contributed by atoms with E-state index in [2.05, 4.69) is 59.9 Å². The molecule has 0 atom stereocenters. The molecule has 2 N–H and O–H groups in total. The zero-order valence-electron chi connectivity index (χ0n) is 16.2. The van der Waals surface area contributed by atoms with Crippen LogP contribution in [0.25, 0.3) is 0 Å². The van der Waals surface area contributed by atoms with Gasteiger partial charge in [-0.15, -0.1) is 5.10 Å². The molecule has 2 aromatic carbocycles. The van der Waals surface area contributed by atoms with Crippen LogP contribution in [-0.2, 0) is 4.79 Å². The number of rotatable bonds is 5. The van der Waals surface area contributed by atoms with Crippen LogP contribution in [0.2, 0.25) is 0 Å². The molecule has 0 radical (unpaired) electrons. The van der Waals surface area contributed by atoms with E-state index in [0.29, 0.717) is 11.8 Å². The van der Waals surface area contributed by atoms with E-state index in [1.165, 1.54) is 12.6 Å². The highest BCUT2D eigenvalue weighted by Crippen LogP contribution is 2.21. The van der Waals surface area contributed by atoms with Crippen molar-refractivity contribution >= 4 is 34.7 Å². The van der Waals surface area contributed by atoms with Crippen LogP contribution in [-0.4, -0.2) is 47.3 Å². The second kappa shape index (κ2) is 8.55. The molecule has 0 unspecified atom stereocenters. The van der Waals surface area contributed by atoms with E-state index < -0.39 is 0 Å². The second-order valence-corrected chi connectivity index (χ2v) is 6.84. The first-order valence-electron chi connectivity index (χ1n) is 9.57. The highest BCUT2D eigenvalue weighted by Gasteiger charge is 2.19. The van der Waals surface area contributed by atoms with Gasteiger partial charge in [-0.25, -0.2) is 0 Å². The van der Waals surface area contributed by atoms with Gasteiger partial charge in [0.2, 0.25) is 11.9 Å². The van der Waals surface area contributed by atoms with Crippen molar-refractivity contribution in [3.63, 3.8) is 0 Å². The van der Waals surface area contributed by atoms with Crippen molar-refractivity contribution in [2.75, 3.05) is 46.6 Å². The van der Waals surface area contributed by atoms with Crippen LogP contribution >= 0.6 is 0 Å². The van der Waals surface area contributed by atoms with E-state index in [1.54, 1.807) is 6.20 Å². The summed E-state index contributed by atoms with van der Waals surface area (Å²) in [6.45, 7) is 4.96. The number of anilines is 5. The molecule has 8 heteroatoms. The predicted molar refractivity (Wildman–Crippen MR) is 115 cm³/mol. The lowest BCUT2D eigenvalue weighted by molar-refractivity contribution is -0.114. The van der Waals surface area contributed by atoms with Gasteiger partial charge >= 0.3 is 0 Å². The number of piperazine rings is 1. The summed E-state index contributed by atoms with van der Waals surface area (Å²) in [4.78, 5) is 20.4. The Morgan fingerprint density at radius 1 is 0.931 bits per heavy atom. The fourth-order valence-corrected chi connectivity index (χ4v) is 3.32. The summed E-state index contributed by atoms with van der Waals surface area (Å²) in [5.74, 6) is 1.11. The van der Waals surface area contributed by atoms with Crippen molar-refractivity contribution in [3.05, 3.63) is 60.8 Å². The Bertz CT molecular complexity index is 972. The number of aromatic nitrogens is 3. The molecule has 1 saturated heterocycles. The highest BCUT2D eigenvalue weighted by atomic mass is 16.1. The van der Waals surface area contributed by atoms with Crippen LogP contribution in [0.3, 0.4) is 0 Å². The quantitative estimate of drug-likeness (QED) is 0.694. The molecule has 3 aromatic rings. The molecule has 4 rings (SSSR count). The van der Waals surface area contributed by atoms with Crippen LogP contribution in [0.1, 0.15) is 6.92 Å². The van der Waals surface area contributed by atoms with E-state index in [4.69, 9.17) is 0 Å². The molecule has 1 aliphatic rings. The Balaban J connectivity index is 1.41. The maximum atomic E-state index is 11.2. The van der Waals surface area contributed by atoms with Crippen molar-refractivity contribution in [2.24, 2.45) is 0 Å². The minimum atomic E-state index is -0.109. The standard InChI is InChI=1S/C21H23N7O/c1-16(29)23-17-6-5-7-18(14-17)24-20-15-22-26-21(25-20)28-12-10-27(11-13-28)19-8-3-2-4-9-19/h2-9,14-15H,10-13H2,1H3,(H,23,29)(H,24,25,26). The van der Waals surface area contributed by atoms with E-state index >= 15 is 0 Å². The van der Waals surface area contributed by atoms with Crippen molar-refractivity contribution in [3.8, 4) is 0 Å². The number of hydrogen-bond acceptors (Lipinski definition) is 7. The summed E-state index contributed by atoms with van der Waals surface area (Å²) >= 11 is 0. The van der Waals surface area contributed by atoms with Crippen molar-refractivity contribution in [1.29, 1.82) is 0 Å². The smallest absolute Gasteiger partial charge is 0.247 e. The molecule has 0 spiro atoms. The third-order valence-corrected chi connectivity index (χ3v) is 4.69. The number of carbonyl (C=O) groups is 1. The van der Waals surface area contributed by atoms with Gasteiger partial charge in [0, 0.05) is 50.2 Å². The monoisotopic (exact) mass is 389 g/mol. The number of nitrogens with zero attached hydrogens (tertiary/aromatic N) is 5. The topological polar surface area (TPSA) is 86.3 Å². The SMILES string of the molecule is CC(=O)Nc1cccc(Nc2cnnc(N3CCN(c4ccccc4)CC3)n2)c1. The number of amides is 1. The Morgan fingerprint density at radius 2 is 1.66 bits per heavy atom. The molecule has 1 aliphatic heterocycles. The average molecular weight is 389 g/mol. The molecule has 1 fully saturated rings. The number of nitrogens with one attached hydrogen (secondary N) is 2. The first-order valence-corrected chi connectivity index (χ1v) is 9.57. The predicted octanol–water partition coefficient (Wildman–Crippen LogP) is 2.90. The fourth-order valence-electron chi connectivity index (χ4n) is 3.32. The van der Waals surface area contributed by atoms with Gasteiger partial charge in [0.15, 0.2) is 5.82 Å². The number of carbonyl (C=O) groups excluding carboxylic acids is 1. The Kier molecular flexibility index (Phi) is 5.51. The highest BCUT2D eigenvalue weighted by molar-refractivity contribution is 5.89. The van der Waals surface area contributed by atoms with Gasteiger partial charge in [-0.2, -0.15) is 10.1 Å². The minimum Gasteiger partial charge on any atom is -0.368 e. The van der Waals surface area contributed by atoms with Crippen LogP contribution in [0.5, 0.6) is 0 Å². The summed E-state index contributed by atoms with van der Waals surface area (Å²) in [6, 6.07) is 17.9. The van der Waals surface area contributed by atoms with Crippen LogP contribution < -0.4 is 20.4 Å². The summed E-state index contributed by atoms with van der Waals surface area (Å²) in [5, 5.41) is 14.3. The fraction of sp³-hybridized carbons (Fsp3) is 0.238. The van der Waals surface area contributed by atoms with Gasteiger partial charge in [0.25, 0.3) is 0 Å². The average Bonchev–Trinajstić information content (AvgIpc) is 2.74. The van der Waals surface area contributed by atoms with Gasteiger partial charge in [-0.05, 0) is 30.3 Å². The lowest BCUT2D eigenvalue weighted by Gasteiger charge is -2.35. The summed E-state index contributed by atoms with van der Waals surface area (Å²) in [5.41, 5.74) is 2.78. The zero-order chi connectivity index (χ0) is 20.1. The van der Waals surface area contributed by atoms with Crippen molar-refractivity contribution in [1.82, 2.24) is 15.2 Å². The molecule has 0 bridgehead atoms. The molecule has 148 valence electrons. The van der Waals surface area contributed by atoms with Gasteiger partial charge in [-0.3, -0.25) is 4.79 Å². The van der Waals surface area contributed by atoms with E-state index in [9.17, 15) is 4.79 Å². The first-order chi connectivity index (χ1) is 14.2. The van der Waals surface area contributed by atoms with Gasteiger partial charge in [0.1, 0.15) is 0 Å². The Hall–Kier alpha value is -3.68. The van der Waals surface area contributed by atoms with E-state index in [0.717, 1.165) is 37.6 Å². The third kappa shape index (κ3) is 4.78. The maximum Gasteiger partial charge on any atom is 0.247 e. The maximum absolute atomic E-state index is 11.2. The molecule has 2 heterocycles. The normalized spacial score (nSPS) is 13.8. The first kappa shape index (κ1) is 18.7. The lowest BCUT2D eigenvalue weighted by Crippen LogP contribution is -2.47.